The standard InChI is InChI=1S/C20H14O6S2.2Na/c21-27(22,23)18-12-14-7-2-4-10-16(14)19(20(18)28(24,25)26)17-11-5-8-13-6-1-3-9-15(13)17;;/h1-12H,(H,21,22,23)(H,24,25,26);;/q;2*+1/p-2. The van der Waals surface area contributed by atoms with E-state index >= 15 is 0 Å². The Hall–Kier alpha value is -0.780. The van der Waals surface area contributed by atoms with Crippen molar-refractivity contribution in [3.05, 3.63) is 72.8 Å². The zero-order chi connectivity index (χ0) is 20.1. The number of fused-ring (bicyclic) bond motifs is 2. The average molecular weight is 458 g/mol. The SMILES string of the molecule is O=S(=O)([O-])c1cc2ccccc2c(-c2cccc3ccccc23)c1S(=O)(=O)[O-].[Na+].[Na+]. The van der Waals surface area contributed by atoms with Crippen molar-refractivity contribution in [3.8, 4) is 11.1 Å². The molecule has 4 aromatic rings. The summed E-state index contributed by atoms with van der Waals surface area (Å²) in [5.74, 6) is 0. The Kier molecular flexibility index (Phi) is 7.96. The van der Waals surface area contributed by atoms with Gasteiger partial charge in [-0.3, -0.25) is 0 Å². The predicted octanol–water partition coefficient (Wildman–Crippen LogP) is -2.52. The van der Waals surface area contributed by atoms with E-state index in [1.807, 2.05) is 0 Å². The fraction of sp³-hybridized carbons (Fsp3) is 0. The molecule has 4 aromatic carbocycles. The maximum absolute atomic E-state index is 12.1. The van der Waals surface area contributed by atoms with Crippen LogP contribution in [0.3, 0.4) is 0 Å². The van der Waals surface area contributed by atoms with E-state index < -0.39 is 30.0 Å². The Morgan fingerprint density at radius 3 is 1.73 bits per heavy atom. The first-order valence-electron chi connectivity index (χ1n) is 8.13. The Balaban J connectivity index is 0.00000160. The average Bonchev–Trinajstić information content (AvgIpc) is 2.64. The summed E-state index contributed by atoms with van der Waals surface area (Å²) in [4.78, 5) is -2.05. The van der Waals surface area contributed by atoms with Crippen molar-refractivity contribution in [2.24, 2.45) is 0 Å². The molecule has 0 saturated carbocycles. The molecule has 0 aliphatic heterocycles. The summed E-state index contributed by atoms with van der Waals surface area (Å²) in [5, 5.41) is 2.10. The second-order valence-corrected chi connectivity index (χ2v) is 8.90. The summed E-state index contributed by atoms with van der Waals surface area (Å²) in [6, 6.07) is 19.5. The summed E-state index contributed by atoms with van der Waals surface area (Å²) >= 11 is 0. The van der Waals surface area contributed by atoms with Crippen LogP contribution in [-0.2, 0) is 20.2 Å². The molecule has 10 heteroatoms. The van der Waals surface area contributed by atoms with Gasteiger partial charge >= 0.3 is 59.1 Å². The van der Waals surface area contributed by atoms with Crippen LogP contribution in [0.5, 0.6) is 0 Å². The minimum Gasteiger partial charge on any atom is -0.744 e. The molecule has 0 radical (unpaired) electrons. The number of hydrogen-bond acceptors (Lipinski definition) is 6. The minimum atomic E-state index is -5.28. The van der Waals surface area contributed by atoms with Gasteiger partial charge in [0.15, 0.2) is 0 Å². The first-order chi connectivity index (χ1) is 13.2. The van der Waals surface area contributed by atoms with Crippen molar-refractivity contribution in [1.82, 2.24) is 0 Å². The van der Waals surface area contributed by atoms with Gasteiger partial charge in [0, 0.05) is 5.56 Å². The Morgan fingerprint density at radius 1 is 0.600 bits per heavy atom. The van der Waals surface area contributed by atoms with Crippen LogP contribution in [0.1, 0.15) is 0 Å². The molecule has 0 spiro atoms. The van der Waals surface area contributed by atoms with E-state index in [1.165, 1.54) is 0 Å². The summed E-state index contributed by atoms with van der Waals surface area (Å²) in [5.41, 5.74) is 0.272. The van der Waals surface area contributed by atoms with Gasteiger partial charge in [0.25, 0.3) is 0 Å². The minimum absolute atomic E-state index is 0. The molecule has 0 saturated heterocycles. The van der Waals surface area contributed by atoms with Gasteiger partial charge in [-0.2, -0.15) is 0 Å². The number of rotatable bonds is 3. The fourth-order valence-corrected chi connectivity index (χ4v) is 5.44. The molecule has 0 amide bonds. The third-order valence-corrected chi connectivity index (χ3v) is 6.46. The van der Waals surface area contributed by atoms with Gasteiger partial charge in [0.2, 0.25) is 0 Å². The van der Waals surface area contributed by atoms with Crippen molar-refractivity contribution >= 4 is 41.8 Å². The van der Waals surface area contributed by atoms with Crippen molar-refractivity contribution in [2.75, 3.05) is 0 Å². The van der Waals surface area contributed by atoms with E-state index in [0.29, 0.717) is 21.7 Å². The molecule has 30 heavy (non-hydrogen) atoms. The first kappa shape index (κ1) is 25.5. The molecule has 142 valence electrons. The van der Waals surface area contributed by atoms with Crippen molar-refractivity contribution in [2.45, 2.75) is 9.79 Å². The Labute approximate surface area is 218 Å². The van der Waals surface area contributed by atoms with Gasteiger partial charge in [-0.25, -0.2) is 16.8 Å². The van der Waals surface area contributed by atoms with E-state index in [4.69, 9.17) is 0 Å². The maximum Gasteiger partial charge on any atom is 1.00 e. The second kappa shape index (κ2) is 9.38. The Bertz CT molecular complexity index is 1460. The number of hydrogen-bond donors (Lipinski definition) is 0. The topological polar surface area (TPSA) is 114 Å². The molecule has 0 atom stereocenters. The molecular formula is C20H12Na2O6S2. The van der Waals surface area contributed by atoms with Gasteiger partial charge < -0.3 is 9.11 Å². The van der Waals surface area contributed by atoms with Crippen LogP contribution in [0.15, 0.2) is 82.6 Å². The normalized spacial score (nSPS) is 11.7. The largest absolute Gasteiger partial charge is 1.00 e. The zero-order valence-corrected chi connectivity index (χ0v) is 21.8. The van der Waals surface area contributed by atoms with Crippen LogP contribution >= 0.6 is 0 Å². The van der Waals surface area contributed by atoms with Crippen LogP contribution in [-0.4, -0.2) is 25.9 Å². The quantitative estimate of drug-likeness (QED) is 0.247. The molecule has 0 heterocycles. The summed E-state index contributed by atoms with van der Waals surface area (Å²) < 4.78 is 71.8. The maximum atomic E-state index is 12.1. The van der Waals surface area contributed by atoms with Gasteiger partial charge in [-0.15, -0.1) is 0 Å². The first-order valence-corrected chi connectivity index (χ1v) is 11.0. The monoisotopic (exact) mass is 458 g/mol. The van der Waals surface area contributed by atoms with E-state index in [0.717, 1.165) is 11.5 Å². The molecule has 0 aromatic heterocycles. The summed E-state index contributed by atoms with van der Waals surface area (Å²) in [6.07, 6.45) is 0. The van der Waals surface area contributed by atoms with Crippen LogP contribution in [0.2, 0.25) is 0 Å². The van der Waals surface area contributed by atoms with Crippen LogP contribution < -0.4 is 59.1 Å². The van der Waals surface area contributed by atoms with Crippen LogP contribution in [0.25, 0.3) is 32.7 Å². The summed E-state index contributed by atoms with van der Waals surface area (Å²) in [7, 11) is -10.5. The molecule has 0 N–H and O–H groups in total. The Morgan fingerprint density at radius 2 is 1.13 bits per heavy atom. The third-order valence-electron chi connectivity index (χ3n) is 4.55. The molecule has 0 fully saturated rings. The predicted molar refractivity (Wildman–Crippen MR) is 103 cm³/mol. The molecule has 0 aliphatic rings. The van der Waals surface area contributed by atoms with Crippen molar-refractivity contribution < 1.29 is 85.1 Å². The molecule has 6 nitrogen and oxygen atoms in total. The van der Waals surface area contributed by atoms with Gasteiger partial charge in [-0.1, -0.05) is 66.7 Å². The van der Waals surface area contributed by atoms with E-state index in [9.17, 15) is 25.9 Å². The molecule has 4 rings (SSSR count). The van der Waals surface area contributed by atoms with E-state index in [1.54, 1.807) is 66.7 Å². The molecule has 0 aliphatic carbocycles. The smallest absolute Gasteiger partial charge is 0.744 e. The molecular weight excluding hydrogens is 446 g/mol. The van der Waals surface area contributed by atoms with Gasteiger partial charge in [-0.05, 0) is 33.2 Å². The second-order valence-electron chi connectivity index (χ2n) is 6.23. The van der Waals surface area contributed by atoms with Gasteiger partial charge in [0.05, 0.1) is 9.79 Å². The molecule has 0 bridgehead atoms. The number of benzene rings is 4. The molecule has 0 unspecified atom stereocenters. The van der Waals surface area contributed by atoms with Crippen LogP contribution in [0.4, 0.5) is 0 Å². The fourth-order valence-electron chi connectivity index (χ4n) is 3.45. The van der Waals surface area contributed by atoms with Crippen molar-refractivity contribution in [1.29, 1.82) is 0 Å². The van der Waals surface area contributed by atoms with Crippen molar-refractivity contribution in [3.63, 3.8) is 0 Å². The van der Waals surface area contributed by atoms with E-state index in [-0.39, 0.29) is 64.7 Å². The van der Waals surface area contributed by atoms with Gasteiger partial charge in [0.1, 0.15) is 20.2 Å². The summed E-state index contributed by atoms with van der Waals surface area (Å²) in [6.45, 7) is 0. The zero-order valence-electron chi connectivity index (χ0n) is 16.2. The third kappa shape index (κ3) is 4.68. The van der Waals surface area contributed by atoms with Crippen LogP contribution in [0, 0.1) is 0 Å². The van der Waals surface area contributed by atoms with E-state index in [2.05, 4.69) is 0 Å².